The second-order valence-electron chi connectivity index (χ2n) is 11.6. The second-order valence-corrected chi connectivity index (χ2v) is 11.6. The molecule has 0 radical (unpaired) electrons. The predicted octanol–water partition coefficient (Wildman–Crippen LogP) is 4.50. The Labute approximate surface area is 238 Å². The van der Waals surface area contributed by atoms with Crippen LogP contribution in [0.2, 0.25) is 0 Å². The van der Waals surface area contributed by atoms with Crippen LogP contribution in [0.1, 0.15) is 57.1 Å². The van der Waals surface area contributed by atoms with Crippen LogP contribution in [0.25, 0.3) is 0 Å². The van der Waals surface area contributed by atoms with Gasteiger partial charge in [-0.15, -0.1) is 0 Å². The zero-order valence-electron chi connectivity index (χ0n) is 24.4. The van der Waals surface area contributed by atoms with Crippen molar-refractivity contribution in [1.82, 2.24) is 9.80 Å². The molecule has 0 unspecified atom stereocenters. The molecule has 1 aliphatic carbocycles. The Balaban J connectivity index is 1.55. The molecular formula is C32H45N3O5. The van der Waals surface area contributed by atoms with Gasteiger partial charge in [0.25, 0.3) is 0 Å². The Kier molecular flexibility index (Phi) is 10.5. The van der Waals surface area contributed by atoms with Crippen molar-refractivity contribution in [2.24, 2.45) is 11.8 Å². The highest BCUT2D eigenvalue weighted by Gasteiger charge is 2.31. The number of rotatable bonds is 9. The summed E-state index contributed by atoms with van der Waals surface area (Å²) in [5.74, 6) is 1.56. The van der Waals surface area contributed by atoms with Crippen molar-refractivity contribution in [2.45, 2.75) is 71.1 Å². The smallest absolute Gasteiger partial charge is 0.227 e. The predicted molar refractivity (Wildman–Crippen MR) is 157 cm³/mol. The number of nitrogens with one attached hydrogen (secondary N) is 1. The van der Waals surface area contributed by atoms with E-state index in [4.69, 9.17) is 9.47 Å². The van der Waals surface area contributed by atoms with Crippen LogP contribution in [0.3, 0.4) is 0 Å². The number of carbonyl (C=O) groups excluding carboxylic acids is 2. The van der Waals surface area contributed by atoms with E-state index >= 15 is 0 Å². The first kappa shape index (κ1) is 29.9. The first-order valence-electron chi connectivity index (χ1n) is 14.6. The summed E-state index contributed by atoms with van der Waals surface area (Å²) in [6.07, 6.45) is 5.19. The molecule has 0 aromatic heterocycles. The third-order valence-corrected chi connectivity index (χ3v) is 8.26. The first-order valence-corrected chi connectivity index (χ1v) is 14.6. The number of hydrogen-bond acceptors (Lipinski definition) is 6. The molecule has 8 heteroatoms. The molecular weight excluding hydrogens is 506 g/mol. The Morgan fingerprint density at radius 2 is 1.90 bits per heavy atom. The van der Waals surface area contributed by atoms with Crippen LogP contribution < -0.4 is 14.8 Å². The van der Waals surface area contributed by atoms with Crippen LogP contribution >= 0.6 is 0 Å². The number of ether oxygens (including phenoxy) is 2. The lowest BCUT2D eigenvalue weighted by atomic mass is 9.88. The lowest BCUT2D eigenvalue weighted by Crippen LogP contribution is -2.47. The van der Waals surface area contributed by atoms with Crippen LogP contribution in [-0.2, 0) is 22.6 Å². The molecule has 2 aromatic rings. The number of benzene rings is 2. The standard InChI is InChI=1S/C32H45N3O5/c1-22-18-35(23(2)21-36)31(37)17-26-16-27(33-32(38)25-8-6-5-7-9-25)12-15-29(26)40-30(22)20-34(3)19-24-10-13-28(39-4)14-11-24/h10-16,22-23,25,30,36H,5-9,17-21H2,1-4H3,(H,33,38)/t22-,23-,30-/m1/s1. The van der Waals surface area contributed by atoms with E-state index in [1.165, 1.54) is 12.0 Å². The molecule has 2 N–H and O–H groups in total. The maximum Gasteiger partial charge on any atom is 0.227 e. The molecule has 1 fully saturated rings. The van der Waals surface area contributed by atoms with Gasteiger partial charge in [0, 0.05) is 42.7 Å². The number of carbonyl (C=O) groups is 2. The minimum absolute atomic E-state index is 0.0212. The summed E-state index contributed by atoms with van der Waals surface area (Å²) < 4.78 is 11.9. The van der Waals surface area contributed by atoms with Gasteiger partial charge in [0.2, 0.25) is 11.8 Å². The normalized spacial score (nSPS) is 21.1. The number of aliphatic hydroxyl groups is 1. The van der Waals surface area contributed by atoms with Crippen molar-refractivity contribution < 1.29 is 24.2 Å². The van der Waals surface area contributed by atoms with E-state index in [9.17, 15) is 14.7 Å². The van der Waals surface area contributed by atoms with Crippen LogP contribution in [0.4, 0.5) is 5.69 Å². The van der Waals surface area contributed by atoms with E-state index in [1.807, 2.05) is 37.3 Å². The summed E-state index contributed by atoms with van der Waals surface area (Å²) >= 11 is 0. The van der Waals surface area contributed by atoms with Gasteiger partial charge in [-0.2, -0.15) is 0 Å². The molecule has 3 atom stereocenters. The lowest BCUT2D eigenvalue weighted by molar-refractivity contribution is -0.134. The van der Waals surface area contributed by atoms with Gasteiger partial charge >= 0.3 is 0 Å². The Morgan fingerprint density at radius 3 is 2.58 bits per heavy atom. The highest BCUT2D eigenvalue weighted by molar-refractivity contribution is 5.93. The fraction of sp³-hybridized carbons (Fsp3) is 0.562. The third kappa shape index (κ3) is 7.76. The average molecular weight is 552 g/mol. The van der Waals surface area contributed by atoms with Crippen LogP contribution in [0.5, 0.6) is 11.5 Å². The minimum Gasteiger partial charge on any atom is -0.497 e. The molecule has 2 aliphatic rings. The van der Waals surface area contributed by atoms with E-state index < -0.39 is 0 Å². The molecule has 8 nitrogen and oxygen atoms in total. The Hall–Kier alpha value is -3.10. The van der Waals surface area contributed by atoms with Gasteiger partial charge in [0.1, 0.15) is 17.6 Å². The number of hydrogen-bond donors (Lipinski definition) is 2. The largest absolute Gasteiger partial charge is 0.497 e. The highest BCUT2D eigenvalue weighted by atomic mass is 16.5. The van der Waals surface area contributed by atoms with Crippen molar-refractivity contribution in [3.8, 4) is 11.5 Å². The summed E-state index contributed by atoms with van der Waals surface area (Å²) in [5.41, 5.74) is 2.61. The fourth-order valence-electron chi connectivity index (χ4n) is 5.75. The zero-order chi connectivity index (χ0) is 28.6. The third-order valence-electron chi connectivity index (χ3n) is 8.26. The van der Waals surface area contributed by atoms with Gasteiger partial charge in [0.05, 0.1) is 26.2 Å². The van der Waals surface area contributed by atoms with Gasteiger partial charge < -0.3 is 24.8 Å². The molecule has 1 heterocycles. The molecule has 0 saturated heterocycles. The van der Waals surface area contributed by atoms with E-state index in [0.29, 0.717) is 24.5 Å². The number of aliphatic hydroxyl groups excluding tert-OH is 1. The summed E-state index contributed by atoms with van der Waals surface area (Å²) in [6.45, 7) is 5.75. The highest BCUT2D eigenvalue weighted by Crippen LogP contribution is 2.31. The van der Waals surface area contributed by atoms with Crippen LogP contribution in [-0.4, -0.2) is 72.7 Å². The first-order chi connectivity index (χ1) is 19.3. The van der Waals surface area contributed by atoms with Gasteiger partial charge in [0.15, 0.2) is 0 Å². The molecule has 1 saturated carbocycles. The summed E-state index contributed by atoms with van der Waals surface area (Å²) in [5, 5.41) is 13.0. The van der Waals surface area contributed by atoms with E-state index in [0.717, 1.165) is 43.5 Å². The van der Waals surface area contributed by atoms with Gasteiger partial charge in [-0.05, 0) is 62.7 Å². The molecule has 40 heavy (non-hydrogen) atoms. The number of methoxy groups -OCH3 is 1. The van der Waals surface area contributed by atoms with Crippen molar-refractivity contribution in [3.63, 3.8) is 0 Å². The number of anilines is 1. The minimum atomic E-state index is -0.302. The molecule has 2 aromatic carbocycles. The number of likely N-dealkylation sites (N-methyl/N-ethyl adjacent to an activating group) is 1. The zero-order valence-corrected chi connectivity index (χ0v) is 24.4. The summed E-state index contributed by atoms with van der Waals surface area (Å²) in [4.78, 5) is 30.4. The maximum atomic E-state index is 13.5. The van der Waals surface area contributed by atoms with Crippen LogP contribution in [0.15, 0.2) is 42.5 Å². The Bertz CT molecular complexity index is 1130. The molecule has 2 amide bonds. The van der Waals surface area contributed by atoms with Crippen LogP contribution in [0, 0.1) is 11.8 Å². The Morgan fingerprint density at radius 1 is 1.18 bits per heavy atom. The topological polar surface area (TPSA) is 91.3 Å². The van der Waals surface area contributed by atoms with E-state index in [2.05, 4.69) is 36.3 Å². The second kappa shape index (κ2) is 14.0. The SMILES string of the molecule is COc1ccc(CN(C)C[C@H]2Oc3ccc(NC(=O)C4CCCCC4)cc3CC(=O)N([C@H](C)CO)C[C@H]2C)cc1. The van der Waals surface area contributed by atoms with Gasteiger partial charge in [-0.25, -0.2) is 0 Å². The quantitative estimate of drug-likeness (QED) is 0.477. The lowest BCUT2D eigenvalue weighted by Gasteiger charge is -2.34. The van der Waals surface area contributed by atoms with E-state index in [-0.39, 0.29) is 48.8 Å². The maximum absolute atomic E-state index is 13.5. The number of nitrogens with zero attached hydrogens (tertiary/aromatic N) is 2. The van der Waals surface area contributed by atoms with Crippen molar-refractivity contribution >= 4 is 17.5 Å². The molecule has 1 aliphatic heterocycles. The molecule has 218 valence electrons. The fourth-order valence-corrected chi connectivity index (χ4v) is 5.75. The summed E-state index contributed by atoms with van der Waals surface area (Å²) in [7, 11) is 3.73. The number of fused-ring (bicyclic) bond motifs is 1. The van der Waals surface area contributed by atoms with Crippen molar-refractivity contribution in [2.75, 3.05) is 39.2 Å². The van der Waals surface area contributed by atoms with Crippen molar-refractivity contribution in [1.29, 1.82) is 0 Å². The van der Waals surface area contributed by atoms with E-state index in [1.54, 1.807) is 12.0 Å². The van der Waals surface area contributed by atoms with Crippen molar-refractivity contribution in [3.05, 3.63) is 53.6 Å². The molecule has 0 bridgehead atoms. The van der Waals surface area contributed by atoms with Gasteiger partial charge in [-0.3, -0.25) is 14.5 Å². The average Bonchev–Trinajstić information content (AvgIpc) is 3.01. The molecule has 4 rings (SSSR count). The molecule has 0 spiro atoms. The number of amides is 2. The monoisotopic (exact) mass is 551 g/mol. The summed E-state index contributed by atoms with van der Waals surface area (Å²) in [6, 6.07) is 13.4. The van der Waals surface area contributed by atoms with Gasteiger partial charge in [-0.1, -0.05) is 38.3 Å².